The van der Waals surface area contributed by atoms with E-state index in [0.717, 1.165) is 0 Å². The fraction of sp³-hybridized carbons (Fsp3) is 0.0909. The second-order valence-electron chi connectivity index (χ2n) is 3.85. The molecular formula is C11H12N4O3S. The number of anilines is 3. The standard InChI is InChI=1S/C11H12N4O3S/c1-7-13-10(12)6-11(14-7)15-8-3-2-4-9(5-8)19(16,17)18/h2-6H,1H3,(H,16,17,18)(H3,12,13,14,15). The number of hydrogen-bond donors (Lipinski definition) is 3. The molecule has 4 N–H and O–H groups in total. The van der Waals surface area contributed by atoms with E-state index >= 15 is 0 Å². The average Bonchev–Trinajstić information content (AvgIpc) is 2.26. The lowest BCUT2D eigenvalue weighted by atomic mass is 10.3. The zero-order valence-electron chi connectivity index (χ0n) is 10.0. The molecule has 7 nitrogen and oxygen atoms in total. The van der Waals surface area contributed by atoms with Gasteiger partial charge in [0.15, 0.2) is 0 Å². The second kappa shape index (κ2) is 4.82. The Balaban J connectivity index is 2.33. The number of nitrogen functional groups attached to an aromatic ring is 1. The number of aromatic nitrogens is 2. The van der Waals surface area contributed by atoms with Crippen molar-refractivity contribution in [1.82, 2.24) is 9.97 Å². The van der Waals surface area contributed by atoms with Gasteiger partial charge in [0.2, 0.25) is 0 Å². The van der Waals surface area contributed by atoms with Crippen molar-refractivity contribution < 1.29 is 13.0 Å². The van der Waals surface area contributed by atoms with Crippen LogP contribution in [0.2, 0.25) is 0 Å². The zero-order valence-corrected chi connectivity index (χ0v) is 10.8. The van der Waals surface area contributed by atoms with Gasteiger partial charge in [-0.25, -0.2) is 9.97 Å². The molecule has 0 radical (unpaired) electrons. The summed E-state index contributed by atoms with van der Waals surface area (Å²) in [5.74, 6) is 1.24. The van der Waals surface area contributed by atoms with E-state index in [0.29, 0.717) is 23.1 Å². The van der Waals surface area contributed by atoms with Crippen LogP contribution in [0.4, 0.5) is 17.3 Å². The molecule has 0 aliphatic heterocycles. The van der Waals surface area contributed by atoms with Gasteiger partial charge >= 0.3 is 0 Å². The van der Waals surface area contributed by atoms with Crippen LogP contribution in [-0.2, 0) is 10.1 Å². The van der Waals surface area contributed by atoms with Crippen LogP contribution in [0.3, 0.4) is 0 Å². The first-order chi connectivity index (χ1) is 8.84. The van der Waals surface area contributed by atoms with Gasteiger partial charge in [-0.15, -0.1) is 0 Å². The molecule has 19 heavy (non-hydrogen) atoms. The van der Waals surface area contributed by atoms with Gasteiger partial charge in [0.1, 0.15) is 17.5 Å². The van der Waals surface area contributed by atoms with Crippen molar-refractivity contribution in [2.45, 2.75) is 11.8 Å². The molecule has 0 aliphatic carbocycles. The Kier molecular flexibility index (Phi) is 3.36. The largest absolute Gasteiger partial charge is 0.384 e. The van der Waals surface area contributed by atoms with Gasteiger partial charge in [0.25, 0.3) is 10.1 Å². The number of rotatable bonds is 3. The second-order valence-corrected chi connectivity index (χ2v) is 5.27. The highest BCUT2D eigenvalue weighted by Crippen LogP contribution is 2.19. The lowest BCUT2D eigenvalue weighted by molar-refractivity contribution is 0.483. The molecule has 0 unspecified atom stereocenters. The molecule has 0 spiro atoms. The Morgan fingerprint density at radius 2 is 2.00 bits per heavy atom. The number of nitrogens with two attached hydrogens (primary N) is 1. The minimum atomic E-state index is -4.23. The number of nitrogens with one attached hydrogen (secondary N) is 1. The predicted octanol–water partition coefficient (Wildman–Crippen LogP) is 1.36. The third-order valence-corrected chi connectivity index (χ3v) is 3.11. The topological polar surface area (TPSA) is 118 Å². The van der Waals surface area contributed by atoms with E-state index in [9.17, 15) is 8.42 Å². The summed E-state index contributed by atoms with van der Waals surface area (Å²) in [4.78, 5) is 7.83. The summed E-state index contributed by atoms with van der Waals surface area (Å²) in [6.45, 7) is 1.69. The monoisotopic (exact) mass is 280 g/mol. The fourth-order valence-electron chi connectivity index (χ4n) is 1.54. The Labute approximate surface area is 110 Å². The maximum absolute atomic E-state index is 11.0. The third-order valence-electron chi connectivity index (χ3n) is 2.26. The van der Waals surface area contributed by atoms with Crippen molar-refractivity contribution in [2.75, 3.05) is 11.1 Å². The molecule has 0 bridgehead atoms. The highest BCUT2D eigenvalue weighted by Gasteiger charge is 2.10. The number of nitrogens with zero attached hydrogens (tertiary/aromatic N) is 2. The van der Waals surface area contributed by atoms with Crippen LogP contribution >= 0.6 is 0 Å². The normalized spacial score (nSPS) is 11.3. The summed E-state index contributed by atoms with van der Waals surface area (Å²) in [7, 11) is -4.23. The number of aryl methyl sites for hydroxylation is 1. The molecule has 0 atom stereocenters. The minimum Gasteiger partial charge on any atom is -0.384 e. The van der Waals surface area contributed by atoms with Crippen LogP contribution < -0.4 is 11.1 Å². The van der Waals surface area contributed by atoms with Crippen LogP contribution in [0.5, 0.6) is 0 Å². The molecule has 1 heterocycles. The SMILES string of the molecule is Cc1nc(N)cc(Nc2cccc(S(=O)(=O)O)c2)n1. The van der Waals surface area contributed by atoms with E-state index in [2.05, 4.69) is 15.3 Å². The summed E-state index contributed by atoms with van der Waals surface area (Å²) in [6, 6.07) is 7.25. The van der Waals surface area contributed by atoms with Gasteiger partial charge in [0.05, 0.1) is 4.90 Å². The van der Waals surface area contributed by atoms with E-state index in [1.165, 1.54) is 24.3 Å². The highest BCUT2D eigenvalue weighted by atomic mass is 32.2. The van der Waals surface area contributed by atoms with E-state index in [-0.39, 0.29) is 4.90 Å². The van der Waals surface area contributed by atoms with Crippen molar-refractivity contribution in [1.29, 1.82) is 0 Å². The Morgan fingerprint density at radius 3 is 2.63 bits per heavy atom. The summed E-state index contributed by atoms with van der Waals surface area (Å²) in [6.07, 6.45) is 0. The number of benzene rings is 1. The molecule has 8 heteroatoms. The molecule has 2 rings (SSSR count). The fourth-order valence-corrected chi connectivity index (χ4v) is 2.06. The molecule has 1 aromatic carbocycles. The van der Waals surface area contributed by atoms with Crippen molar-refractivity contribution in [2.24, 2.45) is 0 Å². The molecular weight excluding hydrogens is 268 g/mol. The Morgan fingerprint density at radius 1 is 1.26 bits per heavy atom. The summed E-state index contributed by atoms with van der Waals surface area (Å²) in [5.41, 5.74) is 6.05. The van der Waals surface area contributed by atoms with Gasteiger partial charge in [0, 0.05) is 11.8 Å². The van der Waals surface area contributed by atoms with Crippen LogP contribution in [0.1, 0.15) is 5.82 Å². The van der Waals surface area contributed by atoms with E-state index in [1.807, 2.05) is 0 Å². The summed E-state index contributed by atoms with van der Waals surface area (Å²) < 4.78 is 31.0. The quantitative estimate of drug-likeness (QED) is 0.726. The van der Waals surface area contributed by atoms with Gasteiger partial charge in [-0.1, -0.05) is 6.07 Å². The molecule has 2 aromatic rings. The zero-order chi connectivity index (χ0) is 14.0. The average molecular weight is 280 g/mol. The summed E-state index contributed by atoms with van der Waals surface area (Å²) >= 11 is 0. The molecule has 0 aliphatic rings. The summed E-state index contributed by atoms with van der Waals surface area (Å²) in [5, 5.41) is 2.89. The van der Waals surface area contributed by atoms with Crippen LogP contribution in [-0.4, -0.2) is 22.9 Å². The van der Waals surface area contributed by atoms with Crippen molar-refractivity contribution in [3.8, 4) is 0 Å². The van der Waals surface area contributed by atoms with E-state index in [1.54, 1.807) is 13.0 Å². The van der Waals surface area contributed by atoms with Gasteiger partial charge in [-0.3, -0.25) is 4.55 Å². The lowest BCUT2D eigenvalue weighted by Gasteiger charge is -2.07. The predicted molar refractivity (Wildman–Crippen MR) is 70.7 cm³/mol. The van der Waals surface area contributed by atoms with Gasteiger partial charge in [-0.2, -0.15) is 8.42 Å². The smallest absolute Gasteiger partial charge is 0.294 e. The third kappa shape index (κ3) is 3.39. The van der Waals surface area contributed by atoms with Crippen LogP contribution in [0.15, 0.2) is 35.2 Å². The molecule has 100 valence electrons. The first kappa shape index (κ1) is 13.2. The van der Waals surface area contributed by atoms with Crippen molar-refractivity contribution in [3.63, 3.8) is 0 Å². The maximum atomic E-state index is 11.0. The molecule has 0 fully saturated rings. The maximum Gasteiger partial charge on any atom is 0.294 e. The molecule has 1 aromatic heterocycles. The first-order valence-corrected chi connectivity index (χ1v) is 6.74. The first-order valence-electron chi connectivity index (χ1n) is 5.30. The lowest BCUT2D eigenvalue weighted by Crippen LogP contribution is -2.02. The molecule has 0 saturated carbocycles. The van der Waals surface area contributed by atoms with Crippen molar-refractivity contribution in [3.05, 3.63) is 36.2 Å². The van der Waals surface area contributed by atoms with Crippen molar-refractivity contribution >= 4 is 27.4 Å². The van der Waals surface area contributed by atoms with Crippen LogP contribution in [0, 0.1) is 6.92 Å². The van der Waals surface area contributed by atoms with Crippen LogP contribution in [0.25, 0.3) is 0 Å². The molecule has 0 amide bonds. The number of hydrogen-bond acceptors (Lipinski definition) is 6. The Hall–Kier alpha value is -2.19. The minimum absolute atomic E-state index is 0.198. The van der Waals surface area contributed by atoms with Gasteiger partial charge in [-0.05, 0) is 25.1 Å². The Bertz CT molecular complexity index is 695. The van der Waals surface area contributed by atoms with E-state index < -0.39 is 10.1 Å². The highest BCUT2D eigenvalue weighted by molar-refractivity contribution is 7.85. The van der Waals surface area contributed by atoms with Gasteiger partial charge < -0.3 is 11.1 Å². The van der Waals surface area contributed by atoms with E-state index in [4.69, 9.17) is 10.3 Å². The molecule has 0 saturated heterocycles.